The van der Waals surface area contributed by atoms with Crippen LogP contribution >= 0.6 is 23.7 Å². The molecule has 0 bridgehead atoms. The van der Waals surface area contributed by atoms with Crippen molar-refractivity contribution in [2.75, 3.05) is 0 Å². The lowest BCUT2D eigenvalue weighted by atomic mass is 10.4. The van der Waals surface area contributed by atoms with Crippen molar-refractivity contribution in [1.82, 2.24) is 4.98 Å². The third-order valence-electron chi connectivity index (χ3n) is 1.53. The van der Waals surface area contributed by atoms with Gasteiger partial charge in [-0.05, 0) is 18.2 Å². The lowest BCUT2D eigenvalue weighted by Crippen LogP contribution is -2.08. The normalized spacial score (nSPS) is 9.54. The molecule has 2 N–H and O–H groups in total. The van der Waals surface area contributed by atoms with Crippen molar-refractivity contribution in [3.8, 4) is 0 Å². The number of aromatic nitrogens is 1. The highest BCUT2D eigenvalue weighted by Gasteiger charge is 2.05. The van der Waals surface area contributed by atoms with Crippen LogP contribution in [0.2, 0.25) is 0 Å². The second-order valence-electron chi connectivity index (χ2n) is 2.36. The highest BCUT2D eigenvalue weighted by molar-refractivity contribution is 7.20. The molecular formula is C8H7ClN2OS. The third kappa shape index (κ3) is 1.79. The molecule has 0 spiro atoms. The van der Waals surface area contributed by atoms with Crippen LogP contribution < -0.4 is 5.73 Å². The Hall–Kier alpha value is -1.13. The molecule has 2 aromatic heterocycles. The fourth-order valence-corrected chi connectivity index (χ4v) is 1.86. The van der Waals surface area contributed by atoms with Crippen molar-refractivity contribution >= 4 is 39.9 Å². The Balaban J connectivity index is 0.000000845. The second kappa shape index (κ2) is 3.72. The van der Waals surface area contributed by atoms with Crippen LogP contribution in [0.25, 0.3) is 10.2 Å². The average molecular weight is 215 g/mol. The first kappa shape index (κ1) is 9.95. The maximum atomic E-state index is 10.8. The van der Waals surface area contributed by atoms with E-state index in [4.69, 9.17) is 5.73 Å². The Labute approximate surface area is 85.0 Å². The predicted octanol–water partition coefficient (Wildman–Crippen LogP) is 1.82. The molecule has 0 saturated heterocycles. The number of primary amides is 1. The van der Waals surface area contributed by atoms with Gasteiger partial charge >= 0.3 is 0 Å². The van der Waals surface area contributed by atoms with E-state index in [2.05, 4.69) is 4.98 Å². The van der Waals surface area contributed by atoms with Crippen LogP contribution in [0.3, 0.4) is 0 Å². The van der Waals surface area contributed by atoms with Crippen LogP contribution in [0.15, 0.2) is 24.4 Å². The summed E-state index contributed by atoms with van der Waals surface area (Å²) in [4.78, 5) is 15.4. The maximum Gasteiger partial charge on any atom is 0.258 e. The fraction of sp³-hybridized carbons (Fsp3) is 0. The summed E-state index contributed by atoms with van der Waals surface area (Å²) in [5, 5.41) is 0. The number of hydrogen-bond acceptors (Lipinski definition) is 3. The van der Waals surface area contributed by atoms with Gasteiger partial charge in [-0.15, -0.1) is 23.7 Å². The number of amides is 1. The van der Waals surface area contributed by atoms with E-state index in [1.54, 1.807) is 12.3 Å². The molecule has 1 amide bonds. The standard InChI is InChI=1S/C8H6N2OS.ClH/c9-8(11)7-4-5-6(12-7)2-1-3-10-5;/h1-4H,(H2,9,11);1H. The number of thiophene rings is 1. The quantitative estimate of drug-likeness (QED) is 0.787. The predicted molar refractivity (Wildman–Crippen MR) is 55.4 cm³/mol. The van der Waals surface area contributed by atoms with Gasteiger partial charge in [0.1, 0.15) is 0 Å². The van der Waals surface area contributed by atoms with Gasteiger partial charge in [0.05, 0.1) is 15.1 Å². The van der Waals surface area contributed by atoms with Gasteiger partial charge in [-0.25, -0.2) is 0 Å². The number of halogens is 1. The second-order valence-corrected chi connectivity index (χ2v) is 3.45. The summed E-state index contributed by atoms with van der Waals surface area (Å²) >= 11 is 1.37. The van der Waals surface area contributed by atoms with Crippen LogP contribution in [0, 0.1) is 0 Å². The summed E-state index contributed by atoms with van der Waals surface area (Å²) in [6.07, 6.45) is 1.69. The topological polar surface area (TPSA) is 56.0 Å². The number of rotatable bonds is 1. The Morgan fingerprint density at radius 3 is 2.92 bits per heavy atom. The van der Waals surface area contributed by atoms with Crippen LogP contribution in [-0.2, 0) is 0 Å². The zero-order valence-electron chi connectivity index (χ0n) is 6.56. The molecule has 2 heterocycles. The number of hydrogen-bond donors (Lipinski definition) is 1. The summed E-state index contributed by atoms with van der Waals surface area (Å²) in [5.74, 6) is -0.391. The minimum Gasteiger partial charge on any atom is -0.365 e. The highest BCUT2D eigenvalue weighted by atomic mass is 35.5. The molecule has 2 aromatic rings. The van der Waals surface area contributed by atoms with Crippen molar-refractivity contribution in [1.29, 1.82) is 0 Å². The number of pyridine rings is 1. The number of nitrogens with zero attached hydrogens (tertiary/aromatic N) is 1. The van der Waals surface area contributed by atoms with Crippen molar-refractivity contribution < 1.29 is 4.79 Å². The first-order valence-electron chi connectivity index (χ1n) is 3.42. The molecule has 13 heavy (non-hydrogen) atoms. The molecule has 68 valence electrons. The van der Waals surface area contributed by atoms with Crippen molar-refractivity contribution in [3.05, 3.63) is 29.3 Å². The largest absolute Gasteiger partial charge is 0.365 e. The molecule has 0 aliphatic carbocycles. The minimum absolute atomic E-state index is 0. The first-order chi connectivity index (χ1) is 5.77. The molecule has 3 nitrogen and oxygen atoms in total. The zero-order chi connectivity index (χ0) is 8.55. The summed E-state index contributed by atoms with van der Waals surface area (Å²) < 4.78 is 0.992. The van der Waals surface area contributed by atoms with Gasteiger partial charge in [-0.2, -0.15) is 0 Å². The Morgan fingerprint density at radius 1 is 1.54 bits per heavy atom. The highest BCUT2D eigenvalue weighted by Crippen LogP contribution is 2.22. The molecule has 5 heteroatoms. The first-order valence-corrected chi connectivity index (χ1v) is 4.23. The van der Waals surface area contributed by atoms with E-state index in [9.17, 15) is 4.79 Å². The van der Waals surface area contributed by atoms with Gasteiger partial charge in [0.15, 0.2) is 0 Å². The zero-order valence-corrected chi connectivity index (χ0v) is 8.19. The van der Waals surface area contributed by atoms with E-state index in [0.29, 0.717) is 4.88 Å². The van der Waals surface area contributed by atoms with Gasteiger partial charge in [-0.3, -0.25) is 9.78 Å². The lowest BCUT2D eigenvalue weighted by Gasteiger charge is -1.81. The van der Waals surface area contributed by atoms with Gasteiger partial charge < -0.3 is 5.73 Å². The van der Waals surface area contributed by atoms with Crippen molar-refractivity contribution in [2.24, 2.45) is 5.73 Å². The monoisotopic (exact) mass is 214 g/mol. The molecular weight excluding hydrogens is 208 g/mol. The fourth-order valence-electron chi connectivity index (χ4n) is 0.991. The van der Waals surface area contributed by atoms with Gasteiger partial charge in [0, 0.05) is 6.20 Å². The average Bonchev–Trinajstić information content (AvgIpc) is 2.46. The molecule has 0 atom stereocenters. The number of carbonyl (C=O) groups excluding carboxylic acids is 1. The van der Waals surface area contributed by atoms with Gasteiger partial charge in [0.2, 0.25) is 0 Å². The van der Waals surface area contributed by atoms with E-state index >= 15 is 0 Å². The molecule has 0 radical (unpaired) electrons. The minimum atomic E-state index is -0.391. The van der Waals surface area contributed by atoms with E-state index in [-0.39, 0.29) is 12.4 Å². The smallest absolute Gasteiger partial charge is 0.258 e. The van der Waals surface area contributed by atoms with Crippen LogP contribution in [-0.4, -0.2) is 10.9 Å². The van der Waals surface area contributed by atoms with E-state index < -0.39 is 5.91 Å². The maximum absolute atomic E-state index is 10.8. The summed E-state index contributed by atoms with van der Waals surface area (Å²) in [7, 11) is 0. The lowest BCUT2D eigenvalue weighted by molar-refractivity contribution is 0.100. The summed E-state index contributed by atoms with van der Waals surface area (Å²) in [5.41, 5.74) is 5.95. The molecule has 0 aliphatic rings. The number of carbonyl (C=O) groups is 1. The Bertz CT molecular complexity index is 407. The van der Waals surface area contributed by atoms with Gasteiger partial charge in [0.25, 0.3) is 5.91 Å². The van der Waals surface area contributed by atoms with E-state index in [1.807, 2.05) is 12.1 Å². The number of nitrogens with two attached hydrogens (primary N) is 1. The van der Waals surface area contributed by atoms with Crippen LogP contribution in [0.1, 0.15) is 9.67 Å². The van der Waals surface area contributed by atoms with E-state index in [0.717, 1.165) is 10.2 Å². The number of fused-ring (bicyclic) bond motifs is 1. The SMILES string of the molecule is Cl.NC(=O)c1cc2ncccc2s1. The molecule has 0 fully saturated rings. The molecule has 0 saturated carbocycles. The van der Waals surface area contributed by atoms with Gasteiger partial charge in [-0.1, -0.05) is 0 Å². The van der Waals surface area contributed by atoms with E-state index in [1.165, 1.54) is 11.3 Å². The third-order valence-corrected chi connectivity index (χ3v) is 2.63. The Kier molecular flexibility index (Phi) is 2.85. The molecule has 2 rings (SSSR count). The van der Waals surface area contributed by atoms with Crippen molar-refractivity contribution in [3.63, 3.8) is 0 Å². The summed E-state index contributed by atoms with van der Waals surface area (Å²) in [6, 6.07) is 5.46. The molecule has 0 aromatic carbocycles. The van der Waals surface area contributed by atoms with Crippen molar-refractivity contribution in [2.45, 2.75) is 0 Å². The van der Waals surface area contributed by atoms with Crippen LogP contribution in [0.5, 0.6) is 0 Å². The molecule has 0 aliphatic heterocycles. The van der Waals surface area contributed by atoms with Crippen LogP contribution in [0.4, 0.5) is 0 Å². The Morgan fingerprint density at radius 2 is 2.31 bits per heavy atom. The summed E-state index contributed by atoms with van der Waals surface area (Å²) in [6.45, 7) is 0. The molecule has 0 unspecified atom stereocenters.